The van der Waals surface area contributed by atoms with E-state index in [1.165, 1.54) is 55.6 Å². The lowest BCUT2D eigenvalue weighted by atomic mass is 10.0. The summed E-state index contributed by atoms with van der Waals surface area (Å²) in [5.74, 6) is -2.69. The van der Waals surface area contributed by atoms with Gasteiger partial charge in [-0.1, -0.05) is 30.3 Å². The fourth-order valence-corrected chi connectivity index (χ4v) is 2.98. The molecule has 0 saturated heterocycles. The lowest BCUT2D eigenvalue weighted by Crippen LogP contribution is -2.31. The number of aliphatic carboxylic acids is 1. The van der Waals surface area contributed by atoms with E-state index in [4.69, 9.17) is 9.84 Å². The minimum atomic E-state index is -1.20. The van der Waals surface area contributed by atoms with Crippen molar-refractivity contribution in [3.63, 3.8) is 0 Å². The zero-order valence-electron chi connectivity index (χ0n) is 15.9. The highest BCUT2D eigenvalue weighted by molar-refractivity contribution is 5.93. The maximum Gasteiger partial charge on any atom is 0.305 e. The first kappa shape index (κ1) is 20.9. The molecule has 30 heavy (non-hydrogen) atoms. The number of amides is 1. The second-order valence-corrected chi connectivity index (χ2v) is 6.40. The van der Waals surface area contributed by atoms with Gasteiger partial charge in [-0.25, -0.2) is 13.8 Å². The lowest BCUT2D eigenvalue weighted by Gasteiger charge is -2.18. The predicted octanol–water partition coefficient (Wildman–Crippen LogP) is 3.98. The van der Waals surface area contributed by atoms with Crippen LogP contribution in [0.3, 0.4) is 0 Å². The Bertz CT molecular complexity index is 1090. The average molecular weight is 412 g/mol. The number of methoxy groups -OCH3 is 1. The van der Waals surface area contributed by atoms with Crippen LogP contribution in [-0.2, 0) is 4.79 Å². The SMILES string of the molecule is COc1ccc(C(=O)NC(CC(=O)O)c2ccccc2F)nc1-c1cccc(F)c1. The van der Waals surface area contributed by atoms with Crippen LogP contribution in [0.2, 0.25) is 0 Å². The Hall–Kier alpha value is -3.81. The molecule has 1 atom stereocenters. The number of aromatic nitrogens is 1. The molecule has 8 heteroatoms. The van der Waals surface area contributed by atoms with E-state index < -0.39 is 36.0 Å². The molecule has 6 nitrogen and oxygen atoms in total. The van der Waals surface area contributed by atoms with Crippen molar-refractivity contribution in [3.05, 3.63) is 83.6 Å². The average Bonchev–Trinajstić information content (AvgIpc) is 2.72. The summed E-state index contributed by atoms with van der Waals surface area (Å²) in [6, 6.07) is 13.0. The Kier molecular flexibility index (Phi) is 6.36. The second-order valence-electron chi connectivity index (χ2n) is 6.40. The number of ether oxygens (including phenoxy) is 1. The fourth-order valence-electron chi connectivity index (χ4n) is 2.98. The first-order valence-corrected chi connectivity index (χ1v) is 8.97. The summed E-state index contributed by atoms with van der Waals surface area (Å²) < 4.78 is 33.0. The van der Waals surface area contributed by atoms with Gasteiger partial charge in [0.05, 0.1) is 19.6 Å². The van der Waals surface area contributed by atoms with E-state index in [9.17, 15) is 18.4 Å². The minimum absolute atomic E-state index is 0.0483. The highest BCUT2D eigenvalue weighted by Crippen LogP contribution is 2.29. The van der Waals surface area contributed by atoms with Crippen LogP contribution in [0.15, 0.2) is 60.7 Å². The molecule has 0 spiro atoms. The number of pyridine rings is 1. The quantitative estimate of drug-likeness (QED) is 0.613. The van der Waals surface area contributed by atoms with E-state index >= 15 is 0 Å². The predicted molar refractivity (Wildman–Crippen MR) is 105 cm³/mol. The van der Waals surface area contributed by atoms with Crippen LogP contribution in [0, 0.1) is 11.6 Å². The van der Waals surface area contributed by atoms with Crippen molar-refractivity contribution in [1.82, 2.24) is 10.3 Å². The number of carbonyl (C=O) groups excluding carboxylic acids is 1. The highest BCUT2D eigenvalue weighted by Gasteiger charge is 2.23. The Morgan fingerprint density at radius 3 is 2.53 bits per heavy atom. The van der Waals surface area contributed by atoms with E-state index in [1.54, 1.807) is 12.1 Å². The molecular formula is C22H18F2N2O4. The molecule has 0 bridgehead atoms. The molecule has 0 fully saturated rings. The largest absolute Gasteiger partial charge is 0.494 e. The van der Waals surface area contributed by atoms with Crippen molar-refractivity contribution in [2.75, 3.05) is 7.11 Å². The number of benzene rings is 2. The zero-order valence-corrected chi connectivity index (χ0v) is 15.9. The summed E-state index contributed by atoms with van der Waals surface area (Å²) in [6.07, 6.45) is -0.514. The molecule has 1 aromatic heterocycles. The smallest absolute Gasteiger partial charge is 0.305 e. The van der Waals surface area contributed by atoms with Gasteiger partial charge >= 0.3 is 5.97 Å². The number of hydrogen-bond acceptors (Lipinski definition) is 4. The molecule has 1 unspecified atom stereocenters. The number of nitrogens with one attached hydrogen (secondary N) is 1. The molecule has 1 amide bonds. The third-order valence-corrected chi connectivity index (χ3v) is 4.37. The van der Waals surface area contributed by atoms with E-state index in [-0.39, 0.29) is 17.0 Å². The Morgan fingerprint density at radius 1 is 1.10 bits per heavy atom. The molecule has 0 saturated carbocycles. The lowest BCUT2D eigenvalue weighted by molar-refractivity contribution is -0.137. The summed E-state index contributed by atoms with van der Waals surface area (Å²) >= 11 is 0. The summed E-state index contributed by atoms with van der Waals surface area (Å²) in [6.45, 7) is 0. The molecule has 0 aliphatic carbocycles. The topological polar surface area (TPSA) is 88.5 Å². The van der Waals surface area contributed by atoms with Crippen LogP contribution in [-0.4, -0.2) is 29.1 Å². The van der Waals surface area contributed by atoms with E-state index in [0.717, 1.165) is 0 Å². The van der Waals surface area contributed by atoms with E-state index in [1.807, 2.05) is 0 Å². The molecule has 3 aromatic rings. The molecule has 3 rings (SSSR count). The maximum absolute atomic E-state index is 14.2. The number of halogens is 2. The maximum atomic E-state index is 14.2. The van der Waals surface area contributed by atoms with Crippen LogP contribution in [0.5, 0.6) is 5.75 Å². The van der Waals surface area contributed by atoms with Gasteiger partial charge in [0, 0.05) is 11.1 Å². The van der Waals surface area contributed by atoms with Gasteiger partial charge in [0.25, 0.3) is 5.91 Å². The molecular weight excluding hydrogens is 394 g/mol. The van der Waals surface area contributed by atoms with Crippen LogP contribution in [0.1, 0.15) is 28.5 Å². The number of carbonyl (C=O) groups is 2. The summed E-state index contributed by atoms with van der Waals surface area (Å²) in [5, 5.41) is 11.7. The second kappa shape index (κ2) is 9.13. The van der Waals surface area contributed by atoms with Gasteiger partial charge in [-0.05, 0) is 30.3 Å². The van der Waals surface area contributed by atoms with Gasteiger partial charge in [-0.2, -0.15) is 0 Å². The third-order valence-electron chi connectivity index (χ3n) is 4.37. The first-order chi connectivity index (χ1) is 14.4. The van der Waals surface area contributed by atoms with Crippen molar-refractivity contribution in [2.24, 2.45) is 0 Å². The standard InChI is InChI=1S/C22H18F2N2O4/c1-30-19-10-9-17(25-21(19)13-5-4-6-14(23)11-13)22(29)26-18(12-20(27)28)15-7-2-3-8-16(15)24/h2-11,18H,12H2,1H3,(H,26,29)(H,27,28). The Morgan fingerprint density at radius 2 is 1.87 bits per heavy atom. The van der Waals surface area contributed by atoms with Crippen molar-refractivity contribution < 1.29 is 28.2 Å². The number of nitrogens with zero attached hydrogens (tertiary/aromatic N) is 1. The van der Waals surface area contributed by atoms with E-state index in [2.05, 4.69) is 10.3 Å². The summed E-state index contributed by atoms with van der Waals surface area (Å²) in [5.41, 5.74) is 0.636. The van der Waals surface area contributed by atoms with Crippen LogP contribution < -0.4 is 10.1 Å². The highest BCUT2D eigenvalue weighted by atomic mass is 19.1. The molecule has 0 aliphatic rings. The molecule has 2 N–H and O–H groups in total. The van der Waals surface area contributed by atoms with Gasteiger partial charge in [-0.3, -0.25) is 9.59 Å². The molecule has 154 valence electrons. The minimum Gasteiger partial charge on any atom is -0.494 e. The van der Waals surface area contributed by atoms with Crippen molar-refractivity contribution in [2.45, 2.75) is 12.5 Å². The summed E-state index contributed by atoms with van der Waals surface area (Å²) in [7, 11) is 1.42. The van der Waals surface area contributed by atoms with Crippen LogP contribution >= 0.6 is 0 Å². The zero-order chi connectivity index (χ0) is 21.7. The third kappa shape index (κ3) is 4.78. The number of carboxylic acids is 1. The van der Waals surface area contributed by atoms with Gasteiger partial charge < -0.3 is 15.2 Å². The van der Waals surface area contributed by atoms with Gasteiger partial charge in [-0.15, -0.1) is 0 Å². The van der Waals surface area contributed by atoms with Crippen molar-refractivity contribution >= 4 is 11.9 Å². The van der Waals surface area contributed by atoms with Crippen molar-refractivity contribution in [3.8, 4) is 17.0 Å². The fraction of sp³-hybridized carbons (Fsp3) is 0.136. The summed E-state index contributed by atoms with van der Waals surface area (Å²) in [4.78, 5) is 28.3. The first-order valence-electron chi connectivity index (χ1n) is 8.97. The van der Waals surface area contributed by atoms with Gasteiger partial charge in [0.2, 0.25) is 0 Å². The van der Waals surface area contributed by atoms with Gasteiger partial charge in [0.1, 0.15) is 28.8 Å². The van der Waals surface area contributed by atoms with E-state index in [0.29, 0.717) is 11.3 Å². The number of hydrogen-bond donors (Lipinski definition) is 2. The molecule has 0 radical (unpaired) electrons. The number of rotatable bonds is 7. The molecule has 1 heterocycles. The van der Waals surface area contributed by atoms with Crippen molar-refractivity contribution in [1.29, 1.82) is 0 Å². The molecule has 0 aliphatic heterocycles. The monoisotopic (exact) mass is 412 g/mol. The van der Waals surface area contributed by atoms with Gasteiger partial charge in [0.15, 0.2) is 0 Å². The van der Waals surface area contributed by atoms with Crippen LogP contribution in [0.25, 0.3) is 11.3 Å². The molecule has 2 aromatic carbocycles. The van der Waals surface area contributed by atoms with Crippen LogP contribution in [0.4, 0.5) is 8.78 Å². The Balaban J connectivity index is 1.94. The number of carboxylic acid groups (broad SMARTS) is 1. The normalized spacial score (nSPS) is 11.6. The Labute approximate surface area is 171 Å².